The average Bonchev–Trinajstić information content (AvgIpc) is 2.36. The van der Waals surface area contributed by atoms with Crippen LogP contribution >= 0.6 is 0 Å². The van der Waals surface area contributed by atoms with Gasteiger partial charge in [0.15, 0.2) is 0 Å². The summed E-state index contributed by atoms with van der Waals surface area (Å²) in [7, 11) is 0. The topological polar surface area (TPSA) is 75.3 Å². The molecule has 0 spiro atoms. The minimum Gasteiger partial charge on any atom is -0.382 e. The number of nitrogens with one attached hydrogen (secondary N) is 1. The lowest BCUT2D eigenvalue weighted by Crippen LogP contribution is -2.45. The molecule has 1 unspecified atom stereocenters. The van der Waals surface area contributed by atoms with Crippen LogP contribution in [0.25, 0.3) is 0 Å². The molecule has 0 bridgehead atoms. The third-order valence-electron chi connectivity index (χ3n) is 3.95. The van der Waals surface area contributed by atoms with Gasteiger partial charge in [0, 0.05) is 13.1 Å². The molecule has 1 aliphatic carbocycles. The molecule has 4 heteroatoms. The second kappa shape index (κ2) is 6.36. The number of amides is 1. The molecule has 1 amide bonds. The maximum atomic E-state index is 11.5. The van der Waals surface area contributed by atoms with Crippen LogP contribution in [0.5, 0.6) is 0 Å². The lowest BCUT2D eigenvalue weighted by molar-refractivity contribution is -0.129. The Morgan fingerprint density at radius 2 is 2.00 bits per heavy atom. The van der Waals surface area contributed by atoms with Gasteiger partial charge in [-0.15, -0.1) is 0 Å². The zero-order valence-electron chi connectivity index (χ0n) is 11.0. The van der Waals surface area contributed by atoms with Crippen molar-refractivity contribution in [2.24, 2.45) is 17.1 Å². The number of rotatable bonds is 5. The number of nitrogens with two attached hydrogens (primary N) is 1. The van der Waals surface area contributed by atoms with E-state index in [9.17, 15) is 9.90 Å². The van der Waals surface area contributed by atoms with E-state index in [1.54, 1.807) is 0 Å². The van der Waals surface area contributed by atoms with Gasteiger partial charge in [0.05, 0.1) is 0 Å². The van der Waals surface area contributed by atoms with Crippen LogP contribution in [-0.2, 0) is 4.79 Å². The van der Waals surface area contributed by atoms with Crippen molar-refractivity contribution >= 4 is 5.91 Å². The fourth-order valence-electron chi connectivity index (χ4n) is 2.57. The Morgan fingerprint density at radius 1 is 1.41 bits per heavy atom. The van der Waals surface area contributed by atoms with Gasteiger partial charge in [0.1, 0.15) is 6.10 Å². The highest BCUT2D eigenvalue weighted by atomic mass is 16.3. The molecular formula is C13H26N2O2. The largest absolute Gasteiger partial charge is 0.382 e. The van der Waals surface area contributed by atoms with E-state index in [-0.39, 0.29) is 17.9 Å². The van der Waals surface area contributed by atoms with Gasteiger partial charge in [-0.25, -0.2) is 0 Å². The highest BCUT2D eigenvalue weighted by Crippen LogP contribution is 2.37. The van der Waals surface area contributed by atoms with Crippen LogP contribution in [-0.4, -0.2) is 30.2 Å². The van der Waals surface area contributed by atoms with E-state index in [2.05, 4.69) is 19.2 Å². The molecule has 1 fully saturated rings. The van der Waals surface area contributed by atoms with Gasteiger partial charge in [-0.2, -0.15) is 0 Å². The summed E-state index contributed by atoms with van der Waals surface area (Å²) in [5, 5.41) is 12.1. The number of aliphatic hydroxyl groups excluding tert-OH is 1. The predicted molar refractivity (Wildman–Crippen MR) is 68.4 cm³/mol. The Labute approximate surface area is 104 Å². The van der Waals surface area contributed by atoms with Gasteiger partial charge in [0.25, 0.3) is 0 Å². The number of carbonyl (C=O) groups excluding carboxylic acids is 1. The summed E-state index contributed by atoms with van der Waals surface area (Å²) in [5.74, 6) is 0.322. The van der Waals surface area contributed by atoms with Crippen molar-refractivity contribution in [1.29, 1.82) is 0 Å². The zero-order valence-corrected chi connectivity index (χ0v) is 11.0. The quantitative estimate of drug-likeness (QED) is 0.674. The molecule has 0 heterocycles. The summed E-state index contributed by atoms with van der Waals surface area (Å²) >= 11 is 0. The van der Waals surface area contributed by atoms with Crippen LogP contribution in [0.3, 0.4) is 0 Å². The molecule has 0 aliphatic heterocycles. The molecule has 1 aliphatic rings. The molecule has 0 aromatic heterocycles. The molecule has 4 nitrogen and oxygen atoms in total. The Morgan fingerprint density at radius 3 is 2.53 bits per heavy atom. The van der Waals surface area contributed by atoms with E-state index in [4.69, 9.17) is 5.73 Å². The Balaban J connectivity index is 2.40. The highest BCUT2D eigenvalue weighted by Gasteiger charge is 2.31. The van der Waals surface area contributed by atoms with E-state index in [0.29, 0.717) is 12.5 Å². The lowest BCUT2D eigenvalue weighted by Gasteiger charge is -2.37. The first-order valence-corrected chi connectivity index (χ1v) is 6.63. The second-order valence-electron chi connectivity index (χ2n) is 5.79. The molecule has 0 saturated heterocycles. The molecule has 0 aromatic rings. The molecule has 17 heavy (non-hydrogen) atoms. The SMILES string of the molecule is CC(C)(CNC(=O)C(O)CN)C1CCCCC1. The fourth-order valence-corrected chi connectivity index (χ4v) is 2.57. The molecule has 0 aromatic carbocycles. The van der Waals surface area contributed by atoms with Crippen molar-refractivity contribution in [1.82, 2.24) is 5.32 Å². The van der Waals surface area contributed by atoms with Crippen LogP contribution in [0.1, 0.15) is 46.0 Å². The first-order valence-electron chi connectivity index (χ1n) is 6.63. The number of hydrogen-bond acceptors (Lipinski definition) is 3. The van der Waals surface area contributed by atoms with E-state index in [1.165, 1.54) is 32.1 Å². The molecule has 1 atom stereocenters. The zero-order chi connectivity index (χ0) is 12.9. The summed E-state index contributed by atoms with van der Waals surface area (Å²) in [6.07, 6.45) is 5.37. The summed E-state index contributed by atoms with van der Waals surface area (Å²) in [5.41, 5.74) is 5.35. The van der Waals surface area contributed by atoms with E-state index >= 15 is 0 Å². The summed E-state index contributed by atoms with van der Waals surface area (Å²) in [4.78, 5) is 11.5. The van der Waals surface area contributed by atoms with Crippen molar-refractivity contribution in [3.63, 3.8) is 0 Å². The molecule has 4 N–H and O–H groups in total. The Kier molecular flexibility index (Phi) is 5.40. The van der Waals surface area contributed by atoms with Crippen molar-refractivity contribution in [2.45, 2.75) is 52.1 Å². The van der Waals surface area contributed by atoms with Crippen molar-refractivity contribution in [3.05, 3.63) is 0 Å². The standard InChI is InChI=1S/C13H26N2O2/c1-13(2,10-6-4-3-5-7-10)9-15-12(17)11(16)8-14/h10-11,16H,3-9,14H2,1-2H3,(H,15,17). The Bertz CT molecular complexity index is 248. The molecule has 0 radical (unpaired) electrons. The van der Waals surface area contributed by atoms with E-state index < -0.39 is 6.10 Å². The maximum Gasteiger partial charge on any atom is 0.250 e. The Hall–Kier alpha value is -0.610. The summed E-state index contributed by atoms with van der Waals surface area (Å²) < 4.78 is 0. The van der Waals surface area contributed by atoms with Crippen molar-refractivity contribution in [2.75, 3.05) is 13.1 Å². The molecule has 100 valence electrons. The average molecular weight is 242 g/mol. The third-order valence-corrected chi connectivity index (χ3v) is 3.95. The van der Waals surface area contributed by atoms with Crippen LogP contribution < -0.4 is 11.1 Å². The highest BCUT2D eigenvalue weighted by molar-refractivity contribution is 5.80. The van der Waals surface area contributed by atoms with Crippen LogP contribution in [0.2, 0.25) is 0 Å². The normalized spacial score (nSPS) is 20.0. The van der Waals surface area contributed by atoms with Gasteiger partial charge >= 0.3 is 0 Å². The van der Waals surface area contributed by atoms with E-state index in [0.717, 1.165) is 0 Å². The second-order valence-corrected chi connectivity index (χ2v) is 5.79. The fraction of sp³-hybridized carbons (Fsp3) is 0.923. The number of carbonyl (C=O) groups is 1. The number of hydrogen-bond donors (Lipinski definition) is 3. The van der Waals surface area contributed by atoms with Gasteiger partial charge < -0.3 is 16.2 Å². The van der Waals surface area contributed by atoms with Crippen LogP contribution in [0.15, 0.2) is 0 Å². The monoisotopic (exact) mass is 242 g/mol. The van der Waals surface area contributed by atoms with Gasteiger partial charge in [-0.05, 0) is 24.2 Å². The van der Waals surface area contributed by atoms with Gasteiger partial charge in [0.2, 0.25) is 5.91 Å². The van der Waals surface area contributed by atoms with Crippen LogP contribution in [0, 0.1) is 11.3 Å². The summed E-state index contributed by atoms with van der Waals surface area (Å²) in [6, 6.07) is 0. The summed E-state index contributed by atoms with van der Waals surface area (Å²) in [6.45, 7) is 4.99. The minimum atomic E-state index is -1.07. The first kappa shape index (κ1) is 14.5. The van der Waals surface area contributed by atoms with Crippen molar-refractivity contribution < 1.29 is 9.90 Å². The predicted octanol–water partition coefficient (Wildman–Crippen LogP) is 1.03. The third kappa shape index (κ3) is 4.28. The first-order chi connectivity index (χ1) is 7.97. The van der Waals surface area contributed by atoms with E-state index in [1.807, 2.05) is 0 Å². The van der Waals surface area contributed by atoms with Gasteiger partial charge in [-0.1, -0.05) is 33.1 Å². The smallest absolute Gasteiger partial charge is 0.250 e. The minimum absolute atomic E-state index is 0.0182. The maximum absolute atomic E-state index is 11.5. The number of aliphatic hydroxyl groups is 1. The lowest BCUT2D eigenvalue weighted by atomic mass is 9.71. The molecule has 1 rings (SSSR count). The van der Waals surface area contributed by atoms with Gasteiger partial charge in [-0.3, -0.25) is 4.79 Å². The van der Waals surface area contributed by atoms with Crippen LogP contribution in [0.4, 0.5) is 0 Å². The van der Waals surface area contributed by atoms with Crippen molar-refractivity contribution in [3.8, 4) is 0 Å². The molecule has 1 saturated carbocycles. The molecular weight excluding hydrogens is 216 g/mol.